The van der Waals surface area contributed by atoms with Crippen LogP contribution in [-0.2, 0) is 4.74 Å². The molecule has 0 aliphatic carbocycles. The van der Waals surface area contributed by atoms with E-state index in [0.29, 0.717) is 27.3 Å². The second kappa shape index (κ2) is 7.37. The Morgan fingerprint density at radius 3 is 2.65 bits per heavy atom. The first-order chi connectivity index (χ1) is 12.5. The number of carbonyl (C=O) groups is 1. The molecule has 0 fully saturated rings. The highest BCUT2D eigenvalue weighted by molar-refractivity contribution is 6.31. The van der Waals surface area contributed by atoms with Crippen molar-refractivity contribution < 1.29 is 14.5 Å². The van der Waals surface area contributed by atoms with Crippen LogP contribution in [0.25, 0.3) is 10.9 Å². The summed E-state index contributed by atoms with van der Waals surface area (Å²) < 4.78 is 5.09. The number of hydrogen-bond donors (Lipinski definition) is 1. The summed E-state index contributed by atoms with van der Waals surface area (Å²) in [5.41, 5.74) is 1.93. The summed E-state index contributed by atoms with van der Waals surface area (Å²) in [6, 6.07) is 11.0. The van der Waals surface area contributed by atoms with E-state index in [1.54, 1.807) is 37.3 Å². The first-order valence-electron chi connectivity index (χ1n) is 7.76. The highest BCUT2D eigenvalue weighted by Gasteiger charge is 2.17. The number of fused-ring (bicyclic) bond motifs is 1. The molecule has 0 aliphatic rings. The number of anilines is 2. The van der Waals surface area contributed by atoms with Gasteiger partial charge in [-0.25, -0.2) is 4.79 Å². The largest absolute Gasteiger partial charge is 0.462 e. The number of halogens is 1. The number of non-ortho nitro benzene ring substituents is 1. The van der Waals surface area contributed by atoms with Crippen molar-refractivity contribution in [1.29, 1.82) is 0 Å². The van der Waals surface area contributed by atoms with Crippen molar-refractivity contribution in [1.82, 2.24) is 4.98 Å². The zero-order valence-electron chi connectivity index (χ0n) is 13.7. The van der Waals surface area contributed by atoms with E-state index < -0.39 is 10.9 Å². The molecule has 0 unspecified atom stereocenters. The molecular weight excluding hydrogens is 358 g/mol. The number of ether oxygens (including phenoxy) is 1. The van der Waals surface area contributed by atoms with Crippen LogP contribution in [0, 0.1) is 10.1 Å². The number of nitro benzene ring substituents is 1. The maximum atomic E-state index is 12.3. The predicted molar refractivity (Wildman–Crippen MR) is 99.1 cm³/mol. The minimum Gasteiger partial charge on any atom is -0.462 e. The number of esters is 1. The number of nitrogens with zero attached hydrogens (tertiary/aromatic N) is 2. The number of nitro groups is 1. The van der Waals surface area contributed by atoms with E-state index in [9.17, 15) is 14.9 Å². The molecule has 0 amide bonds. The fourth-order valence-electron chi connectivity index (χ4n) is 2.47. The number of nitrogens with one attached hydrogen (secondary N) is 1. The zero-order valence-corrected chi connectivity index (χ0v) is 14.5. The summed E-state index contributed by atoms with van der Waals surface area (Å²) in [5, 5.41) is 15.1. The fraction of sp³-hybridized carbons (Fsp3) is 0.111. The third-order valence-electron chi connectivity index (χ3n) is 3.67. The summed E-state index contributed by atoms with van der Waals surface area (Å²) in [6.07, 6.45) is 1.43. The Hall–Kier alpha value is -3.19. The van der Waals surface area contributed by atoms with Gasteiger partial charge in [0.15, 0.2) is 0 Å². The maximum absolute atomic E-state index is 12.3. The van der Waals surface area contributed by atoms with Crippen molar-refractivity contribution in [2.45, 2.75) is 6.92 Å². The summed E-state index contributed by atoms with van der Waals surface area (Å²) in [4.78, 5) is 26.9. The van der Waals surface area contributed by atoms with Gasteiger partial charge in [-0.2, -0.15) is 0 Å². The van der Waals surface area contributed by atoms with Crippen molar-refractivity contribution in [3.8, 4) is 0 Å². The van der Waals surface area contributed by atoms with Gasteiger partial charge in [0.2, 0.25) is 0 Å². The van der Waals surface area contributed by atoms with Gasteiger partial charge in [-0.3, -0.25) is 15.1 Å². The van der Waals surface area contributed by atoms with Crippen molar-refractivity contribution in [3.05, 3.63) is 69.4 Å². The first kappa shape index (κ1) is 17.6. The van der Waals surface area contributed by atoms with Crippen LogP contribution < -0.4 is 5.32 Å². The summed E-state index contributed by atoms with van der Waals surface area (Å²) in [7, 11) is 0. The molecule has 2 aromatic carbocycles. The molecule has 8 heteroatoms. The Labute approximate surface area is 153 Å². The minimum atomic E-state index is -0.522. The Balaban J connectivity index is 2.11. The molecule has 132 valence electrons. The van der Waals surface area contributed by atoms with Crippen molar-refractivity contribution in [2.24, 2.45) is 0 Å². The summed E-state index contributed by atoms with van der Waals surface area (Å²) in [6.45, 7) is 1.94. The van der Waals surface area contributed by atoms with E-state index >= 15 is 0 Å². The van der Waals surface area contributed by atoms with Crippen LogP contribution in [0.1, 0.15) is 17.3 Å². The van der Waals surface area contributed by atoms with Crippen molar-refractivity contribution in [2.75, 3.05) is 11.9 Å². The molecular formula is C18H14ClN3O4. The van der Waals surface area contributed by atoms with Crippen LogP contribution in [0.3, 0.4) is 0 Å². The number of hydrogen-bond acceptors (Lipinski definition) is 6. The van der Waals surface area contributed by atoms with E-state index in [2.05, 4.69) is 10.3 Å². The van der Waals surface area contributed by atoms with Crippen LogP contribution in [0.2, 0.25) is 5.02 Å². The highest BCUT2D eigenvalue weighted by Crippen LogP contribution is 2.32. The lowest BCUT2D eigenvalue weighted by Gasteiger charge is -2.14. The van der Waals surface area contributed by atoms with Gasteiger partial charge in [-0.05, 0) is 37.3 Å². The van der Waals surface area contributed by atoms with Gasteiger partial charge in [0.1, 0.15) is 5.56 Å². The average Bonchev–Trinajstić information content (AvgIpc) is 2.62. The summed E-state index contributed by atoms with van der Waals surface area (Å²) >= 11 is 6.10. The smallest absolute Gasteiger partial charge is 0.341 e. The molecule has 0 saturated heterocycles. The Kier molecular flexibility index (Phi) is 4.99. The lowest BCUT2D eigenvalue weighted by molar-refractivity contribution is -0.384. The number of aromatic nitrogens is 1. The molecule has 1 heterocycles. The number of carbonyl (C=O) groups excluding carboxylic acids is 1. The molecule has 0 bridgehead atoms. The third kappa shape index (κ3) is 3.57. The highest BCUT2D eigenvalue weighted by atomic mass is 35.5. The van der Waals surface area contributed by atoms with Crippen LogP contribution >= 0.6 is 11.6 Å². The normalized spacial score (nSPS) is 10.5. The van der Waals surface area contributed by atoms with E-state index in [1.807, 2.05) is 0 Å². The third-order valence-corrected chi connectivity index (χ3v) is 3.91. The fourth-order valence-corrected chi connectivity index (χ4v) is 2.65. The molecule has 0 saturated carbocycles. The van der Waals surface area contributed by atoms with Gasteiger partial charge >= 0.3 is 5.97 Å². The van der Waals surface area contributed by atoms with Gasteiger partial charge in [-0.1, -0.05) is 11.6 Å². The molecule has 1 aromatic heterocycles. The molecule has 1 N–H and O–H groups in total. The molecule has 0 spiro atoms. The zero-order chi connectivity index (χ0) is 18.7. The second-order valence-electron chi connectivity index (χ2n) is 5.36. The second-order valence-corrected chi connectivity index (χ2v) is 5.79. The molecule has 7 nitrogen and oxygen atoms in total. The van der Waals surface area contributed by atoms with E-state index in [4.69, 9.17) is 16.3 Å². The molecule has 3 aromatic rings. The Morgan fingerprint density at radius 1 is 1.27 bits per heavy atom. The lowest BCUT2D eigenvalue weighted by atomic mass is 10.1. The quantitative estimate of drug-likeness (QED) is 0.396. The number of rotatable bonds is 5. The molecule has 3 rings (SSSR count). The molecule has 0 aliphatic heterocycles. The van der Waals surface area contributed by atoms with Gasteiger partial charge in [0, 0.05) is 34.4 Å². The first-order valence-corrected chi connectivity index (χ1v) is 8.14. The summed E-state index contributed by atoms with van der Waals surface area (Å²) in [5.74, 6) is -0.522. The maximum Gasteiger partial charge on any atom is 0.341 e. The molecule has 0 atom stereocenters. The number of benzene rings is 2. The Morgan fingerprint density at radius 2 is 2.00 bits per heavy atom. The minimum absolute atomic E-state index is 0.0243. The van der Waals surface area contributed by atoms with Gasteiger partial charge in [-0.15, -0.1) is 0 Å². The van der Waals surface area contributed by atoms with Gasteiger partial charge in [0.05, 0.1) is 22.7 Å². The van der Waals surface area contributed by atoms with E-state index in [-0.39, 0.29) is 17.9 Å². The van der Waals surface area contributed by atoms with Crippen LogP contribution in [0.4, 0.5) is 17.1 Å². The standard InChI is InChI=1S/C18H14ClN3O4/c1-2-26-18(23)15-10-20-16-8-3-11(19)9-14(16)17(15)21-12-4-6-13(7-5-12)22(24)25/h3-10H,2H2,1H3,(H,20,21). The van der Waals surface area contributed by atoms with Gasteiger partial charge < -0.3 is 10.1 Å². The SMILES string of the molecule is CCOC(=O)c1cnc2ccc(Cl)cc2c1Nc1ccc([N+](=O)[O-])cc1. The predicted octanol–water partition coefficient (Wildman–Crippen LogP) is 4.72. The topological polar surface area (TPSA) is 94.4 Å². The Bertz CT molecular complexity index is 990. The monoisotopic (exact) mass is 371 g/mol. The van der Waals surface area contributed by atoms with Crippen molar-refractivity contribution in [3.63, 3.8) is 0 Å². The molecule has 0 radical (unpaired) electrons. The van der Waals surface area contributed by atoms with Crippen molar-refractivity contribution >= 4 is 45.5 Å². The average molecular weight is 372 g/mol. The van der Waals surface area contributed by atoms with Crippen LogP contribution in [0.15, 0.2) is 48.7 Å². The van der Waals surface area contributed by atoms with Crippen LogP contribution in [0.5, 0.6) is 0 Å². The number of pyridine rings is 1. The lowest BCUT2D eigenvalue weighted by Crippen LogP contribution is -2.09. The van der Waals surface area contributed by atoms with Crippen LogP contribution in [-0.4, -0.2) is 22.5 Å². The molecule has 26 heavy (non-hydrogen) atoms. The van der Waals surface area contributed by atoms with E-state index in [1.165, 1.54) is 18.3 Å². The van der Waals surface area contributed by atoms with E-state index in [0.717, 1.165) is 0 Å². The van der Waals surface area contributed by atoms with Gasteiger partial charge in [0.25, 0.3) is 5.69 Å².